The van der Waals surface area contributed by atoms with Gasteiger partial charge in [0.15, 0.2) is 0 Å². The average Bonchev–Trinajstić information content (AvgIpc) is 2.49. The number of nitrogens with zero attached hydrogens (tertiary/aromatic N) is 1. The van der Waals surface area contributed by atoms with Crippen LogP contribution in [0.25, 0.3) is 0 Å². The number of carbonyl (C=O) groups excluding carboxylic acids is 1. The fourth-order valence-electron chi connectivity index (χ4n) is 1.69. The van der Waals surface area contributed by atoms with Crippen molar-refractivity contribution in [1.82, 2.24) is 4.90 Å². The summed E-state index contributed by atoms with van der Waals surface area (Å²) in [6.45, 7) is 1.47. The van der Waals surface area contributed by atoms with Crippen molar-refractivity contribution in [2.24, 2.45) is 0 Å². The molecule has 0 N–H and O–H groups in total. The van der Waals surface area contributed by atoms with Gasteiger partial charge in [-0.25, -0.2) is 0 Å². The van der Waals surface area contributed by atoms with Crippen molar-refractivity contribution >= 4 is 33.4 Å². The van der Waals surface area contributed by atoms with Gasteiger partial charge in [-0.15, -0.1) is 0 Å². The first-order valence-electron chi connectivity index (χ1n) is 4.81. The highest BCUT2D eigenvalue weighted by molar-refractivity contribution is 9.09. The third-order valence-corrected chi connectivity index (χ3v) is 3.32. The molecule has 0 bridgehead atoms. The lowest BCUT2D eigenvalue weighted by atomic mass is 10.2. The van der Waals surface area contributed by atoms with Crippen LogP contribution in [0, 0.1) is 0 Å². The second-order valence-corrected chi connectivity index (χ2v) is 5.43. The SMILES string of the molecule is O=C1CC(Br)CN1Cc1ccc(Cl)cc1. The predicted octanol–water partition coefficient (Wildman–Crippen LogP) is 2.84. The van der Waals surface area contributed by atoms with Crippen LogP contribution in [0.15, 0.2) is 24.3 Å². The maximum Gasteiger partial charge on any atom is 0.224 e. The normalized spacial score (nSPS) is 21.1. The number of rotatable bonds is 2. The van der Waals surface area contributed by atoms with E-state index in [0.29, 0.717) is 17.8 Å². The van der Waals surface area contributed by atoms with E-state index in [9.17, 15) is 4.79 Å². The van der Waals surface area contributed by atoms with Crippen molar-refractivity contribution in [3.05, 3.63) is 34.9 Å². The van der Waals surface area contributed by atoms with Gasteiger partial charge in [0.25, 0.3) is 0 Å². The summed E-state index contributed by atoms with van der Waals surface area (Å²) >= 11 is 9.25. The summed E-state index contributed by atoms with van der Waals surface area (Å²) < 4.78 is 0. The van der Waals surface area contributed by atoms with Crippen molar-refractivity contribution in [1.29, 1.82) is 0 Å². The van der Waals surface area contributed by atoms with Gasteiger partial charge in [0.05, 0.1) is 0 Å². The van der Waals surface area contributed by atoms with Crippen molar-refractivity contribution < 1.29 is 4.79 Å². The van der Waals surface area contributed by atoms with E-state index in [2.05, 4.69) is 15.9 Å². The van der Waals surface area contributed by atoms with Crippen molar-refractivity contribution in [2.45, 2.75) is 17.8 Å². The molecule has 0 aliphatic carbocycles. The molecule has 0 radical (unpaired) electrons. The van der Waals surface area contributed by atoms with E-state index in [1.807, 2.05) is 29.2 Å². The van der Waals surface area contributed by atoms with Gasteiger partial charge in [0, 0.05) is 29.4 Å². The molecular formula is C11H11BrClNO. The molecule has 1 aliphatic heterocycles. The monoisotopic (exact) mass is 287 g/mol. The summed E-state index contributed by atoms with van der Waals surface area (Å²) in [6.07, 6.45) is 0.605. The van der Waals surface area contributed by atoms with Gasteiger partial charge < -0.3 is 4.90 Å². The Balaban J connectivity index is 2.03. The number of likely N-dealkylation sites (tertiary alicyclic amines) is 1. The van der Waals surface area contributed by atoms with Crippen LogP contribution in [0.2, 0.25) is 5.02 Å². The lowest BCUT2D eigenvalue weighted by Gasteiger charge is -2.15. The minimum absolute atomic E-state index is 0.215. The van der Waals surface area contributed by atoms with Crippen LogP contribution in [0.4, 0.5) is 0 Å². The van der Waals surface area contributed by atoms with Gasteiger partial charge in [-0.3, -0.25) is 4.79 Å². The van der Waals surface area contributed by atoms with Crippen molar-refractivity contribution in [3.8, 4) is 0 Å². The second kappa shape index (κ2) is 4.54. The first kappa shape index (κ1) is 11.0. The minimum Gasteiger partial charge on any atom is -0.337 e. The highest BCUT2D eigenvalue weighted by Gasteiger charge is 2.27. The Morgan fingerprint density at radius 3 is 2.60 bits per heavy atom. The minimum atomic E-state index is 0.215. The molecule has 4 heteroatoms. The molecule has 1 aromatic rings. The van der Waals surface area contributed by atoms with E-state index in [1.54, 1.807) is 0 Å². The summed E-state index contributed by atoms with van der Waals surface area (Å²) in [5.74, 6) is 0.215. The van der Waals surface area contributed by atoms with Gasteiger partial charge >= 0.3 is 0 Å². The lowest BCUT2D eigenvalue weighted by molar-refractivity contribution is -0.128. The van der Waals surface area contributed by atoms with Crippen LogP contribution in [-0.2, 0) is 11.3 Å². The Labute approximate surface area is 102 Å². The smallest absolute Gasteiger partial charge is 0.224 e. The van der Waals surface area contributed by atoms with Gasteiger partial charge in [0.2, 0.25) is 5.91 Å². The number of hydrogen-bond donors (Lipinski definition) is 0. The van der Waals surface area contributed by atoms with Crippen LogP contribution in [0.1, 0.15) is 12.0 Å². The fraction of sp³-hybridized carbons (Fsp3) is 0.364. The zero-order valence-electron chi connectivity index (χ0n) is 8.12. The van der Waals surface area contributed by atoms with E-state index in [4.69, 9.17) is 11.6 Å². The summed E-state index contributed by atoms with van der Waals surface area (Å²) in [5.41, 5.74) is 1.12. The van der Waals surface area contributed by atoms with Crippen LogP contribution in [-0.4, -0.2) is 22.2 Å². The largest absolute Gasteiger partial charge is 0.337 e. The molecule has 1 atom stereocenters. The van der Waals surface area contributed by atoms with E-state index in [0.717, 1.165) is 17.1 Å². The Kier molecular flexibility index (Phi) is 3.32. The van der Waals surface area contributed by atoms with Crippen molar-refractivity contribution in [3.63, 3.8) is 0 Å². The number of alkyl halides is 1. The molecule has 1 saturated heterocycles. The van der Waals surface area contributed by atoms with Crippen LogP contribution < -0.4 is 0 Å². The molecule has 2 nitrogen and oxygen atoms in total. The Morgan fingerprint density at radius 1 is 1.40 bits per heavy atom. The first-order valence-corrected chi connectivity index (χ1v) is 6.11. The molecule has 2 rings (SSSR count). The molecule has 1 fully saturated rings. The number of carbonyl (C=O) groups is 1. The molecule has 1 amide bonds. The molecule has 1 aromatic carbocycles. The second-order valence-electron chi connectivity index (χ2n) is 3.70. The predicted molar refractivity (Wildman–Crippen MR) is 64.2 cm³/mol. The lowest BCUT2D eigenvalue weighted by Crippen LogP contribution is -2.24. The zero-order chi connectivity index (χ0) is 10.8. The van der Waals surface area contributed by atoms with E-state index >= 15 is 0 Å². The quantitative estimate of drug-likeness (QED) is 0.766. The number of hydrogen-bond acceptors (Lipinski definition) is 1. The molecule has 1 aliphatic rings. The Hall–Kier alpha value is -0.540. The third kappa shape index (κ3) is 2.73. The Bertz CT molecular complexity index is 365. The molecule has 15 heavy (non-hydrogen) atoms. The van der Waals surface area contributed by atoms with E-state index in [1.165, 1.54) is 0 Å². The highest BCUT2D eigenvalue weighted by atomic mass is 79.9. The zero-order valence-corrected chi connectivity index (χ0v) is 10.5. The van der Waals surface area contributed by atoms with Gasteiger partial charge in [-0.2, -0.15) is 0 Å². The van der Waals surface area contributed by atoms with E-state index in [-0.39, 0.29) is 5.91 Å². The van der Waals surface area contributed by atoms with Crippen LogP contribution >= 0.6 is 27.5 Å². The summed E-state index contributed by atoms with van der Waals surface area (Å²) in [6, 6.07) is 7.61. The molecule has 0 saturated carbocycles. The maximum absolute atomic E-state index is 11.5. The van der Waals surface area contributed by atoms with Crippen LogP contribution in [0.3, 0.4) is 0 Å². The summed E-state index contributed by atoms with van der Waals surface area (Å²) in [7, 11) is 0. The standard InChI is InChI=1S/C11H11BrClNO/c12-9-5-11(15)14(7-9)6-8-1-3-10(13)4-2-8/h1-4,9H,5-7H2. The van der Waals surface area contributed by atoms with Gasteiger partial charge in [0.1, 0.15) is 0 Å². The molecule has 1 unspecified atom stereocenters. The average molecular weight is 289 g/mol. The Morgan fingerprint density at radius 2 is 2.07 bits per heavy atom. The molecule has 0 aromatic heterocycles. The number of benzene rings is 1. The summed E-state index contributed by atoms with van der Waals surface area (Å²) in [5, 5.41) is 0.727. The molecule has 1 heterocycles. The van der Waals surface area contributed by atoms with E-state index < -0.39 is 0 Å². The van der Waals surface area contributed by atoms with Gasteiger partial charge in [-0.05, 0) is 17.7 Å². The molecule has 80 valence electrons. The topological polar surface area (TPSA) is 20.3 Å². The number of amides is 1. The summed E-state index contributed by atoms with van der Waals surface area (Å²) in [4.78, 5) is 13.7. The molecular weight excluding hydrogens is 277 g/mol. The maximum atomic E-state index is 11.5. The fourth-order valence-corrected chi connectivity index (χ4v) is 2.44. The van der Waals surface area contributed by atoms with Crippen molar-refractivity contribution in [2.75, 3.05) is 6.54 Å². The highest BCUT2D eigenvalue weighted by Crippen LogP contribution is 2.20. The first-order chi connectivity index (χ1) is 7.15. The third-order valence-electron chi connectivity index (χ3n) is 2.45. The number of halogens is 2. The molecule has 0 spiro atoms. The van der Waals surface area contributed by atoms with Crippen LogP contribution in [0.5, 0.6) is 0 Å². The van der Waals surface area contributed by atoms with Gasteiger partial charge in [-0.1, -0.05) is 39.7 Å².